The standard InChI is InChI=1S/C15H28N2O2/c1-7-10(2)8-11(3)17-9-12(18)16-13(14(17)19)15(4,5)6/h10-11,13H,7-9H2,1-6H3,(H,16,18). The molecule has 0 aromatic carbocycles. The summed E-state index contributed by atoms with van der Waals surface area (Å²) in [5, 5.41) is 2.83. The average molecular weight is 268 g/mol. The molecule has 19 heavy (non-hydrogen) atoms. The van der Waals surface area contributed by atoms with E-state index in [4.69, 9.17) is 0 Å². The Balaban J connectivity index is 2.82. The largest absolute Gasteiger partial charge is 0.342 e. The Labute approximate surface area is 116 Å². The molecule has 110 valence electrons. The molecule has 1 rings (SSSR count). The first kappa shape index (κ1) is 16.0. The van der Waals surface area contributed by atoms with Gasteiger partial charge in [0.2, 0.25) is 11.8 Å². The maximum absolute atomic E-state index is 12.5. The number of hydrogen-bond acceptors (Lipinski definition) is 2. The lowest BCUT2D eigenvalue weighted by atomic mass is 9.84. The van der Waals surface area contributed by atoms with Gasteiger partial charge in [-0.05, 0) is 24.7 Å². The molecule has 0 aromatic rings. The van der Waals surface area contributed by atoms with E-state index in [2.05, 4.69) is 19.2 Å². The number of nitrogens with zero attached hydrogens (tertiary/aromatic N) is 1. The first-order valence-corrected chi connectivity index (χ1v) is 7.26. The third kappa shape index (κ3) is 3.95. The number of rotatable bonds is 4. The van der Waals surface area contributed by atoms with Crippen LogP contribution in [0, 0.1) is 11.3 Å². The van der Waals surface area contributed by atoms with Crippen LogP contribution in [0.25, 0.3) is 0 Å². The lowest BCUT2D eigenvalue weighted by Gasteiger charge is -2.41. The van der Waals surface area contributed by atoms with Gasteiger partial charge < -0.3 is 10.2 Å². The van der Waals surface area contributed by atoms with Crippen molar-refractivity contribution in [1.82, 2.24) is 10.2 Å². The van der Waals surface area contributed by atoms with E-state index < -0.39 is 6.04 Å². The minimum atomic E-state index is -0.409. The SMILES string of the molecule is CCC(C)CC(C)N1CC(=O)NC(C(C)(C)C)C1=O. The summed E-state index contributed by atoms with van der Waals surface area (Å²) in [6.45, 7) is 12.5. The van der Waals surface area contributed by atoms with E-state index in [-0.39, 0.29) is 29.8 Å². The van der Waals surface area contributed by atoms with Gasteiger partial charge in [-0.25, -0.2) is 0 Å². The molecule has 4 heteroatoms. The second kappa shape index (κ2) is 5.93. The molecule has 0 bridgehead atoms. The zero-order valence-electron chi connectivity index (χ0n) is 13.1. The van der Waals surface area contributed by atoms with E-state index in [1.54, 1.807) is 4.90 Å². The molecule has 0 aliphatic carbocycles. The summed E-state index contributed by atoms with van der Waals surface area (Å²) in [6.07, 6.45) is 2.05. The zero-order valence-corrected chi connectivity index (χ0v) is 13.1. The lowest BCUT2D eigenvalue weighted by molar-refractivity contribution is -0.149. The van der Waals surface area contributed by atoms with Crippen LogP contribution in [-0.4, -0.2) is 35.3 Å². The van der Waals surface area contributed by atoms with Crippen LogP contribution in [0.3, 0.4) is 0 Å². The number of carbonyl (C=O) groups is 2. The van der Waals surface area contributed by atoms with Crippen LogP contribution in [0.5, 0.6) is 0 Å². The molecule has 1 aliphatic rings. The minimum Gasteiger partial charge on any atom is -0.342 e. The van der Waals surface area contributed by atoms with Gasteiger partial charge in [0.05, 0.1) is 6.54 Å². The van der Waals surface area contributed by atoms with Crippen LogP contribution in [0.2, 0.25) is 0 Å². The van der Waals surface area contributed by atoms with E-state index in [1.165, 1.54) is 0 Å². The first-order valence-electron chi connectivity index (χ1n) is 7.26. The molecule has 3 unspecified atom stereocenters. The Morgan fingerprint density at radius 2 is 1.89 bits per heavy atom. The van der Waals surface area contributed by atoms with Crippen LogP contribution in [0.15, 0.2) is 0 Å². The topological polar surface area (TPSA) is 49.4 Å². The molecule has 3 atom stereocenters. The molecule has 1 fully saturated rings. The maximum Gasteiger partial charge on any atom is 0.246 e. The molecule has 0 aromatic heterocycles. The van der Waals surface area contributed by atoms with Gasteiger partial charge in [-0.3, -0.25) is 9.59 Å². The maximum atomic E-state index is 12.5. The summed E-state index contributed by atoms with van der Waals surface area (Å²) < 4.78 is 0. The van der Waals surface area contributed by atoms with Gasteiger partial charge in [0.25, 0.3) is 0 Å². The highest BCUT2D eigenvalue weighted by atomic mass is 16.2. The monoisotopic (exact) mass is 268 g/mol. The predicted molar refractivity (Wildman–Crippen MR) is 76.6 cm³/mol. The second-order valence-electron chi connectivity index (χ2n) is 6.93. The highest BCUT2D eigenvalue weighted by molar-refractivity contribution is 5.95. The van der Waals surface area contributed by atoms with Crippen molar-refractivity contribution in [1.29, 1.82) is 0 Å². The summed E-state index contributed by atoms with van der Waals surface area (Å²) in [7, 11) is 0. The molecular weight excluding hydrogens is 240 g/mol. The van der Waals surface area contributed by atoms with Crippen molar-refractivity contribution in [3.05, 3.63) is 0 Å². The molecule has 0 saturated carbocycles. The quantitative estimate of drug-likeness (QED) is 0.849. The third-order valence-electron chi connectivity index (χ3n) is 3.99. The van der Waals surface area contributed by atoms with Gasteiger partial charge in [0.1, 0.15) is 6.04 Å². The van der Waals surface area contributed by atoms with Crippen molar-refractivity contribution in [3.8, 4) is 0 Å². The summed E-state index contributed by atoms with van der Waals surface area (Å²) in [6, 6.07) is -0.286. The van der Waals surface area contributed by atoms with Crippen LogP contribution in [0.1, 0.15) is 54.4 Å². The van der Waals surface area contributed by atoms with Gasteiger partial charge in [-0.1, -0.05) is 41.0 Å². The summed E-state index contributed by atoms with van der Waals surface area (Å²) >= 11 is 0. The smallest absolute Gasteiger partial charge is 0.246 e. The number of carbonyl (C=O) groups excluding carboxylic acids is 2. The van der Waals surface area contributed by atoms with Gasteiger partial charge in [-0.15, -0.1) is 0 Å². The lowest BCUT2D eigenvalue weighted by Crippen LogP contribution is -2.64. The van der Waals surface area contributed by atoms with Crippen molar-refractivity contribution in [3.63, 3.8) is 0 Å². The summed E-state index contributed by atoms with van der Waals surface area (Å²) in [4.78, 5) is 26.1. The highest BCUT2D eigenvalue weighted by Gasteiger charge is 2.41. The van der Waals surface area contributed by atoms with Crippen LogP contribution in [-0.2, 0) is 9.59 Å². The van der Waals surface area contributed by atoms with E-state index in [1.807, 2.05) is 27.7 Å². The molecule has 4 nitrogen and oxygen atoms in total. The van der Waals surface area contributed by atoms with E-state index in [9.17, 15) is 9.59 Å². The zero-order chi connectivity index (χ0) is 14.8. The molecular formula is C15H28N2O2. The fourth-order valence-electron chi connectivity index (χ4n) is 2.50. The van der Waals surface area contributed by atoms with Gasteiger partial charge in [0.15, 0.2) is 0 Å². The van der Waals surface area contributed by atoms with E-state index in [0.717, 1.165) is 12.8 Å². The van der Waals surface area contributed by atoms with Gasteiger partial charge in [0, 0.05) is 6.04 Å². The van der Waals surface area contributed by atoms with E-state index >= 15 is 0 Å². The average Bonchev–Trinajstić information content (AvgIpc) is 2.29. The molecule has 1 saturated heterocycles. The fraction of sp³-hybridized carbons (Fsp3) is 0.867. The fourth-order valence-corrected chi connectivity index (χ4v) is 2.50. The minimum absolute atomic E-state index is 0.0458. The summed E-state index contributed by atoms with van der Waals surface area (Å²) in [5.74, 6) is 0.583. The van der Waals surface area contributed by atoms with Crippen molar-refractivity contribution < 1.29 is 9.59 Å². The molecule has 0 spiro atoms. The predicted octanol–water partition coefficient (Wildman–Crippen LogP) is 2.18. The van der Waals surface area contributed by atoms with Crippen molar-refractivity contribution >= 4 is 11.8 Å². The van der Waals surface area contributed by atoms with Crippen LogP contribution < -0.4 is 5.32 Å². The van der Waals surface area contributed by atoms with Crippen LogP contribution >= 0.6 is 0 Å². The Morgan fingerprint density at radius 1 is 1.32 bits per heavy atom. The Bertz CT molecular complexity index is 347. The molecule has 1 heterocycles. The third-order valence-corrected chi connectivity index (χ3v) is 3.99. The van der Waals surface area contributed by atoms with Gasteiger partial charge >= 0.3 is 0 Å². The van der Waals surface area contributed by atoms with Crippen molar-refractivity contribution in [2.45, 2.75) is 66.5 Å². The number of piperazine rings is 1. The first-order chi connectivity index (χ1) is 8.66. The molecule has 1 aliphatic heterocycles. The number of amides is 2. The summed E-state index contributed by atoms with van der Waals surface area (Å²) in [5.41, 5.74) is -0.249. The normalized spacial score (nSPS) is 24.1. The van der Waals surface area contributed by atoms with Crippen molar-refractivity contribution in [2.75, 3.05) is 6.54 Å². The van der Waals surface area contributed by atoms with Crippen LogP contribution in [0.4, 0.5) is 0 Å². The molecule has 2 amide bonds. The van der Waals surface area contributed by atoms with Gasteiger partial charge in [-0.2, -0.15) is 0 Å². The second-order valence-corrected chi connectivity index (χ2v) is 6.93. The van der Waals surface area contributed by atoms with E-state index in [0.29, 0.717) is 5.92 Å². The number of nitrogens with one attached hydrogen (secondary N) is 1. The number of hydrogen-bond donors (Lipinski definition) is 1. The highest BCUT2D eigenvalue weighted by Crippen LogP contribution is 2.25. The molecule has 0 radical (unpaired) electrons. The Hall–Kier alpha value is -1.06. The Kier molecular flexibility index (Phi) is 4.99. The Morgan fingerprint density at radius 3 is 2.37 bits per heavy atom. The van der Waals surface area contributed by atoms with Crippen molar-refractivity contribution in [2.24, 2.45) is 11.3 Å². The molecule has 1 N–H and O–H groups in total.